The molecule has 0 radical (unpaired) electrons. The SMILES string of the molecule is C[C@@H](Sc1cccc[n+]1[O-])C(=O)NC12CC3CC(CC(C3)C1)C2. The molecule has 0 unspecified atom stereocenters. The first-order valence-electron chi connectivity index (χ1n) is 8.70. The van der Waals surface area contributed by atoms with Gasteiger partial charge >= 0.3 is 0 Å². The number of carbonyl (C=O) groups excluding carboxylic acids is 1. The molecule has 5 rings (SSSR count). The fourth-order valence-electron chi connectivity index (χ4n) is 5.37. The second kappa shape index (κ2) is 5.69. The molecule has 0 spiro atoms. The van der Waals surface area contributed by atoms with Gasteiger partial charge in [0.1, 0.15) is 0 Å². The highest BCUT2D eigenvalue weighted by Gasteiger charge is 2.51. The van der Waals surface area contributed by atoms with Crippen LogP contribution >= 0.6 is 11.8 Å². The fraction of sp³-hybridized carbons (Fsp3) is 0.667. The van der Waals surface area contributed by atoms with Gasteiger partial charge in [0, 0.05) is 17.7 Å². The Morgan fingerprint density at radius 3 is 2.43 bits per heavy atom. The molecule has 4 bridgehead atoms. The Kier molecular flexibility index (Phi) is 3.79. The molecule has 4 fully saturated rings. The number of carbonyl (C=O) groups is 1. The summed E-state index contributed by atoms with van der Waals surface area (Å²) in [6, 6.07) is 5.31. The number of nitrogens with zero attached hydrogens (tertiary/aromatic N) is 1. The first kappa shape index (κ1) is 15.3. The van der Waals surface area contributed by atoms with E-state index in [-0.39, 0.29) is 16.7 Å². The molecule has 1 atom stereocenters. The summed E-state index contributed by atoms with van der Waals surface area (Å²) in [6.07, 6.45) is 9.09. The quantitative estimate of drug-likeness (QED) is 0.524. The fourth-order valence-corrected chi connectivity index (χ4v) is 6.22. The molecule has 4 aliphatic carbocycles. The Morgan fingerprint density at radius 1 is 1.26 bits per heavy atom. The van der Waals surface area contributed by atoms with Crippen LogP contribution in [0.2, 0.25) is 0 Å². The maximum Gasteiger partial charge on any atom is 0.252 e. The molecular weight excluding hydrogens is 308 g/mol. The van der Waals surface area contributed by atoms with Crippen molar-refractivity contribution >= 4 is 17.7 Å². The van der Waals surface area contributed by atoms with Crippen molar-refractivity contribution in [1.82, 2.24) is 5.32 Å². The molecule has 0 aliphatic heterocycles. The van der Waals surface area contributed by atoms with Crippen LogP contribution in [0.25, 0.3) is 0 Å². The van der Waals surface area contributed by atoms with E-state index in [4.69, 9.17) is 0 Å². The lowest BCUT2D eigenvalue weighted by Crippen LogP contribution is -2.60. The third-order valence-corrected chi connectivity index (χ3v) is 7.01. The minimum absolute atomic E-state index is 0.0464. The predicted molar refractivity (Wildman–Crippen MR) is 89.8 cm³/mol. The molecule has 5 heteroatoms. The van der Waals surface area contributed by atoms with Crippen LogP contribution in [0.5, 0.6) is 0 Å². The Bertz CT molecular complexity index is 584. The van der Waals surface area contributed by atoms with Crippen LogP contribution in [0.15, 0.2) is 29.4 Å². The third-order valence-electron chi connectivity index (χ3n) is 5.88. The van der Waals surface area contributed by atoms with Gasteiger partial charge in [-0.05, 0) is 81.0 Å². The number of rotatable bonds is 4. The maximum atomic E-state index is 12.7. The van der Waals surface area contributed by atoms with E-state index in [1.165, 1.54) is 37.2 Å². The van der Waals surface area contributed by atoms with Gasteiger partial charge in [0.25, 0.3) is 5.03 Å². The zero-order chi connectivity index (χ0) is 16.0. The van der Waals surface area contributed by atoms with E-state index in [2.05, 4.69) is 5.32 Å². The number of aromatic nitrogens is 1. The topological polar surface area (TPSA) is 56.0 Å². The van der Waals surface area contributed by atoms with Crippen molar-refractivity contribution < 1.29 is 9.52 Å². The van der Waals surface area contributed by atoms with Gasteiger partial charge in [0.05, 0.1) is 5.25 Å². The summed E-state index contributed by atoms with van der Waals surface area (Å²) in [5.74, 6) is 2.55. The number of pyridine rings is 1. The van der Waals surface area contributed by atoms with Crippen molar-refractivity contribution in [2.45, 2.75) is 61.3 Å². The van der Waals surface area contributed by atoms with Crippen LogP contribution in [-0.2, 0) is 4.79 Å². The summed E-state index contributed by atoms with van der Waals surface area (Å²) in [4.78, 5) is 12.7. The maximum absolute atomic E-state index is 12.7. The molecule has 0 aromatic carbocycles. The Hall–Kier alpha value is -1.23. The van der Waals surface area contributed by atoms with Gasteiger partial charge < -0.3 is 10.5 Å². The average molecular weight is 332 g/mol. The number of amides is 1. The lowest BCUT2D eigenvalue weighted by Gasteiger charge is -2.57. The minimum atomic E-state index is -0.245. The van der Waals surface area contributed by atoms with Crippen LogP contribution in [0.4, 0.5) is 0 Å². The van der Waals surface area contributed by atoms with Crippen molar-refractivity contribution in [2.75, 3.05) is 0 Å². The van der Waals surface area contributed by atoms with Crippen molar-refractivity contribution in [1.29, 1.82) is 0 Å². The second-order valence-electron chi connectivity index (χ2n) is 7.81. The third kappa shape index (κ3) is 2.95. The van der Waals surface area contributed by atoms with Crippen molar-refractivity contribution in [2.24, 2.45) is 17.8 Å². The second-order valence-corrected chi connectivity index (χ2v) is 9.17. The zero-order valence-corrected chi connectivity index (χ0v) is 14.3. The smallest absolute Gasteiger partial charge is 0.252 e. The highest BCUT2D eigenvalue weighted by Crippen LogP contribution is 2.55. The Balaban J connectivity index is 1.42. The summed E-state index contributed by atoms with van der Waals surface area (Å²) in [6.45, 7) is 1.90. The molecule has 4 aliphatic rings. The van der Waals surface area contributed by atoms with Crippen molar-refractivity contribution in [3.63, 3.8) is 0 Å². The lowest BCUT2D eigenvalue weighted by molar-refractivity contribution is -0.645. The molecule has 124 valence electrons. The lowest BCUT2D eigenvalue weighted by atomic mass is 9.53. The van der Waals surface area contributed by atoms with Crippen LogP contribution in [0.1, 0.15) is 45.4 Å². The van der Waals surface area contributed by atoms with Crippen molar-refractivity contribution in [3.8, 4) is 0 Å². The van der Waals surface area contributed by atoms with Gasteiger partial charge in [-0.1, -0.05) is 0 Å². The molecule has 4 saturated carbocycles. The first-order chi connectivity index (χ1) is 11.0. The van der Waals surface area contributed by atoms with Crippen LogP contribution in [0.3, 0.4) is 0 Å². The minimum Gasteiger partial charge on any atom is -0.618 e. The molecular formula is C18H24N2O2S. The van der Waals surface area contributed by atoms with E-state index < -0.39 is 0 Å². The van der Waals surface area contributed by atoms with E-state index in [0.717, 1.165) is 41.7 Å². The molecule has 4 nitrogen and oxygen atoms in total. The summed E-state index contributed by atoms with van der Waals surface area (Å²) in [7, 11) is 0. The molecule has 23 heavy (non-hydrogen) atoms. The Labute approximate surface area is 141 Å². The number of hydrogen-bond acceptors (Lipinski definition) is 3. The molecule has 0 saturated heterocycles. The molecule has 1 aromatic rings. The molecule has 1 amide bonds. The number of thioether (sulfide) groups is 1. The monoisotopic (exact) mass is 332 g/mol. The summed E-state index contributed by atoms with van der Waals surface area (Å²) >= 11 is 1.35. The molecule has 1 heterocycles. The van der Waals surface area contributed by atoms with Gasteiger partial charge in [0.2, 0.25) is 5.91 Å². The van der Waals surface area contributed by atoms with E-state index in [9.17, 15) is 10.0 Å². The van der Waals surface area contributed by atoms with Crippen molar-refractivity contribution in [3.05, 3.63) is 29.6 Å². The van der Waals surface area contributed by atoms with Crippen LogP contribution in [-0.4, -0.2) is 16.7 Å². The number of nitrogens with one attached hydrogen (secondary N) is 1. The summed E-state index contributed by atoms with van der Waals surface area (Å²) in [5, 5.41) is 15.5. The van der Waals surface area contributed by atoms with E-state index in [1.54, 1.807) is 12.1 Å². The first-order valence-corrected chi connectivity index (χ1v) is 9.58. The molecule has 1 aromatic heterocycles. The van der Waals surface area contributed by atoms with Gasteiger partial charge in [-0.15, -0.1) is 0 Å². The van der Waals surface area contributed by atoms with Crippen LogP contribution in [0, 0.1) is 23.0 Å². The normalized spacial score (nSPS) is 36.0. The zero-order valence-electron chi connectivity index (χ0n) is 13.5. The van der Waals surface area contributed by atoms with E-state index in [0.29, 0.717) is 5.03 Å². The highest BCUT2D eigenvalue weighted by molar-refractivity contribution is 8.00. The standard InChI is InChI=1S/C18H24N2O2S/c1-12(23-16-4-2-3-5-20(16)22)17(21)19-18-9-13-6-14(10-18)8-15(7-13)11-18/h2-5,12-15H,6-11H2,1H3,(H,19,21)/t12-,13?,14?,15?,18?/m1/s1. The van der Waals surface area contributed by atoms with Gasteiger partial charge in [-0.2, -0.15) is 4.73 Å². The Morgan fingerprint density at radius 2 is 1.87 bits per heavy atom. The van der Waals surface area contributed by atoms with E-state index in [1.807, 2.05) is 13.0 Å². The highest BCUT2D eigenvalue weighted by atomic mass is 32.2. The summed E-state index contributed by atoms with van der Waals surface area (Å²) < 4.78 is 0.833. The average Bonchev–Trinajstić information content (AvgIpc) is 2.47. The van der Waals surface area contributed by atoms with Gasteiger partial charge in [-0.25, -0.2) is 0 Å². The largest absolute Gasteiger partial charge is 0.618 e. The van der Waals surface area contributed by atoms with Gasteiger partial charge in [0.15, 0.2) is 6.20 Å². The number of hydrogen-bond donors (Lipinski definition) is 1. The predicted octanol–water partition coefficient (Wildman–Crippen LogP) is 2.89. The molecule has 1 N–H and O–H groups in total. The van der Waals surface area contributed by atoms with Gasteiger partial charge in [-0.3, -0.25) is 4.79 Å². The van der Waals surface area contributed by atoms with E-state index >= 15 is 0 Å². The van der Waals surface area contributed by atoms with Crippen LogP contribution < -0.4 is 10.0 Å². The summed E-state index contributed by atoms with van der Waals surface area (Å²) in [5.41, 5.74) is 0.0464.